The first-order valence-corrected chi connectivity index (χ1v) is 5.04. The van der Waals surface area contributed by atoms with E-state index in [1.807, 2.05) is 0 Å². The Bertz CT molecular complexity index is 76.2. The Hall–Kier alpha value is 0.250. The molecule has 0 radical (unpaired) electrons. The highest BCUT2D eigenvalue weighted by Crippen LogP contribution is 1.96. The summed E-state index contributed by atoms with van der Waals surface area (Å²) in [5, 5.41) is 3.52. The zero-order valence-corrected chi connectivity index (χ0v) is 9.54. The molecule has 0 saturated carbocycles. The van der Waals surface area contributed by atoms with Gasteiger partial charge in [0, 0.05) is 6.04 Å². The predicted octanol–water partition coefficient (Wildman–Crippen LogP) is 3.38. The summed E-state index contributed by atoms with van der Waals surface area (Å²) in [4.78, 5) is 0. The normalized spacial score (nSPS) is 12.2. The largest absolute Gasteiger partial charge is 0.314 e. The van der Waals surface area contributed by atoms with Gasteiger partial charge in [-0.05, 0) is 26.3 Å². The van der Waals surface area contributed by atoms with Crippen molar-refractivity contribution >= 4 is 12.4 Å². The first-order chi connectivity index (χ1) is 5.31. The molecule has 0 aliphatic heterocycles. The molecule has 12 heavy (non-hydrogen) atoms. The molecule has 0 bridgehead atoms. The lowest BCUT2D eigenvalue weighted by Gasteiger charge is -2.11. The van der Waals surface area contributed by atoms with E-state index in [9.17, 15) is 0 Å². The Morgan fingerprint density at radius 1 is 1.08 bits per heavy atom. The summed E-state index contributed by atoms with van der Waals surface area (Å²) in [5.41, 5.74) is 0. The van der Waals surface area contributed by atoms with Crippen LogP contribution in [0, 0.1) is 0 Å². The van der Waals surface area contributed by atoms with Crippen LogP contribution in [-0.2, 0) is 0 Å². The van der Waals surface area contributed by atoms with Crippen molar-refractivity contribution in [3.63, 3.8) is 0 Å². The molecular weight excluding hydrogens is 170 g/mol. The minimum atomic E-state index is 0. The molecule has 2 heteroatoms. The molecule has 1 unspecified atom stereocenters. The zero-order valence-electron chi connectivity index (χ0n) is 8.73. The molecule has 76 valence electrons. The van der Waals surface area contributed by atoms with Crippen LogP contribution in [0.2, 0.25) is 0 Å². The second-order valence-electron chi connectivity index (χ2n) is 3.35. The fraction of sp³-hybridized carbons (Fsp3) is 1.00. The topological polar surface area (TPSA) is 12.0 Å². The van der Waals surface area contributed by atoms with Crippen molar-refractivity contribution in [2.45, 2.75) is 58.9 Å². The van der Waals surface area contributed by atoms with Crippen molar-refractivity contribution in [2.24, 2.45) is 0 Å². The van der Waals surface area contributed by atoms with Crippen molar-refractivity contribution < 1.29 is 0 Å². The third-order valence-corrected chi connectivity index (χ3v) is 1.99. The van der Waals surface area contributed by atoms with E-state index in [1.165, 1.54) is 38.6 Å². The lowest BCUT2D eigenvalue weighted by atomic mass is 10.2. The molecule has 0 aromatic carbocycles. The maximum absolute atomic E-state index is 3.52. The molecule has 1 N–H and O–H groups in total. The summed E-state index contributed by atoms with van der Waals surface area (Å²) < 4.78 is 0. The molecule has 0 aliphatic carbocycles. The fourth-order valence-electron chi connectivity index (χ4n) is 1.26. The summed E-state index contributed by atoms with van der Waals surface area (Å²) in [7, 11) is 0. The fourth-order valence-corrected chi connectivity index (χ4v) is 1.26. The Morgan fingerprint density at radius 3 is 2.25 bits per heavy atom. The van der Waals surface area contributed by atoms with Crippen LogP contribution in [-0.4, -0.2) is 12.6 Å². The van der Waals surface area contributed by atoms with Crippen LogP contribution in [0.1, 0.15) is 52.9 Å². The van der Waals surface area contributed by atoms with Crippen LogP contribution in [0.15, 0.2) is 0 Å². The van der Waals surface area contributed by atoms with E-state index in [0.717, 1.165) is 6.04 Å². The molecule has 0 aliphatic rings. The Labute approximate surface area is 83.7 Å². The summed E-state index contributed by atoms with van der Waals surface area (Å²) in [6, 6.07) is 0.719. The van der Waals surface area contributed by atoms with Crippen LogP contribution < -0.4 is 5.32 Å². The molecule has 0 saturated heterocycles. The smallest absolute Gasteiger partial charge is 0.00386 e. The Balaban J connectivity index is 0. The van der Waals surface area contributed by atoms with Crippen LogP contribution in [0.5, 0.6) is 0 Å². The molecule has 0 aromatic rings. The van der Waals surface area contributed by atoms with Gasteiger partial charge < -0.3 is 5.32 Å². The zero-order chi connectivity index (χ0) is 8.53. The van der Waals surface area contributed by atoms with Gasteiger partial charge in [0.15, 0.2) is 0 Å². The van der Waals surface area contributed by atoms with Gasteiger partial charge >= 0.3 is 0 Å². The first-order valence-electron chi connectivity index (χ1n) is 5.04. The highest BCUT2D eigenvalue weighted by Gasteiger charge is 1.96. The van der Waals surface area contributed by atoms with Crippen molar-refractivity contribution in [2.75, 3.05) is 6.54 Å². The molecule has 0 rings (SSSR count). The van der Waals surface area contributed by atoms with E-state index >= 15 is 0 Å². The maximum atomic E-state index is 3.52. The summed E-state index contributed by atoms with van der Waals surface area (Å²) in [6.45, 7) is 7.96. The summed E-state index contributed by atoms with van der Waals surface area (Å²) in [6.07, 6.45) is 6.63. The molecule has 0 fully saturated rings. The number of nitrogens with one attached hydrogen (secondary N) is 1. The van der Waals surface area contributed by atoms with Crippen molar-refractivity contribution in [3.05, 3.63) is 0 Å². The van der Waals surface area contributed by atoms with Gasteiger partial charge in [-0.25, -0.2) is 0 Å². The van der Waals surface area contributed by atoms with Gasteiger partial charge in [-0.1, -0.05) is 33.1 Å². The second kappa shape index (κ2) is 11.2. The maximum Gasteiger partial charge on any atom is 0.00386 e. The molecule has 0 aromatic heterocycles. The molecule has 0 spiro atoms. The number of rotatable bonds is 7. The number of hydrogen-bond acceptors (Lipinski definition) is 1. The lowest BCUT2D eigenvalue weighted by Crippen LogP contribution is -2.26. The number of halogens is 1. The van der Waals surface area contributed by atoms with Gasteiger partial charge in [-0.2, -0.15) is 0 Å². The minimum absolute atomic E-state index is 0. The van der Waals surface area contributed by atoms with E-state index in [0.29, 0.717) is 0 Å². The van der Waals surface area contributed by atoms with Crippen molar-refractivity contribution in [3.8, 4) is 0 Å². The minimum Gasteiger partial charge on any atom is -0.314 e. The van der Waals surface area contributed by atoms with Gasteiger partial charge in [0.2, 0.25) is 0 Å². The molecule has 1 nitrogen and oxygen atoms in total. The van der Waals surface area contributed by atoms with Crippen LogP contribution in [0.3, 0.4) is 0 Å². The molecular formula is C10H24ClN. The average molecular weight is 194 g/mol. The number of hydrogen-bond donors (Lipinski definition) is 1. The van der Waals surface area contributed by atoms with Gasteiger partial charge in [0.05, 0.1) is 0 Å². The molecule has 0 heterocycles. The third-order valence-electron chi connectivity index (χ3n) is 1.99. The summed E-state index contributed by atoms with van der Waals surface area (Å²) in [5.74, 6) is 0. The Morgan fingerprint density at radius 2 is 1.75 bits per heavy atom. The van der Waals surface area contributed by atoms with Gasteiger partial charge in [-0.15, -0.1) is 12.4 Å². The monoisotopic (exact) mass is 193 g/mol. The molecule has 1 atom stereocenters. The first kappa shape index (κ1) is 14.8. The van der Waals surface area contributed by atoms with E-state index in [1.54, 1.807) is 0 Å². The average Bonchev–Trinajstić information content (AvgIpc) is 1.99. The lowest BCUT2D eigenvalue weighted by molar-refractivity contribution is 0.494. The van der Waals surface area contributed by atoms with E-state index < -0.39 is 0 Å². The van der Waals surface area contributed by atoms with E-state index in [4.69, 9.17) is 0 Å². The van der Waals surface area contributed by atoms with Crippen LogP contribution in [0.4, 0.5) is 0 Å². The predicted molar refractivity (Wildman–Crippen MR) is 59.1 cm³/mol. The number of unbranched alkanes of at least 4 members (excludes halogenated alkanes) is 2. The van der Waals surface area contributed by atoms with Crippen LogP contribution in [0.25, 0.3) is 0 Å². The quantitative estimate of drug-likeness (QED) is 0.612. The Kier molecular flexibility index (Phi) is 13.8. The standard InChI is InChI=1S/C10H23N.ClH/c1-4-6-7-9-11-10(3)8-5-2;/h10-11H,4-9H2,1-3H3;1H. The highest BCUT2D eigenvalue weighted by atomic mass is 35.5. The second-order valence-corrected chi connectivity index (χ2v) is 3.35. The van der Waals surface area contributed by atoms with Crippen LogP contribution >= 0.6 is 12.4 Å². The van der Waals surface area contributed by atoms with E-state index in [-0.39, 0.29) is 12.4 Å². The van der Waals surface area contributed by atoms with Crippen molar-refractivity contribution in [1.29, 1.82) is 0 Å². The molecule has 0 amide bonds. The van der Waals surface area contributed by atoms with Gasteiger partial charge in [-0.3, -0.25) is 0 Å². The van der Waals surface area contributed by atoms with Gasteiger partial charge in [0.1, 0.15) is 0 Å². The highest BCUT2D eigenvalue weighted by molar-refractivity contribution is 5.85. The van der Waals surface area contributed by atoms with E-state index in [2.05, 4.69) is 26.1 Å². The SMILES string of the molecule is CCCCCNC(C)CCC.Cl. The van der Waals surface area contributed by atoms with Crippen molar-refractivity contribution in [1.82, 2.24) is 5.32 Å². The summed E-state index contributed by atoms with van der Waals surface area (Å²) >= 11 is 0. The third kappa shape index (κ3) is 10.2. The van der Waals surface area contributed by atoms with Gasteiger partial charge in [0.25, 0.3) is 0 Å².